The number of hydrogen-bond acceptors (Lipinski definition) is 5. The summed E-state index contributed by atoms with van der Waals surface area (Å²) in [7, 11) is 0. The number of carbonyl (C=O) groups excluding carboxylic acids is 3. The quantitative estimate of drug-likeness (QED) is 0.337. The Kier molecular flexibility index (Phi) is 9.62. The Morgan fingerprint density at radius 1 is 1.16 bits per heavy atom. The molecule has 8 nitrogen and oxygen atoms in total. The highest BCUT2D eigenvalue weighted by molar-refractivity contribution is 5.99. The molecule has 1 spiro atoms. The molecule has 2 bridgehead atoms. The van der Waals surface area contributed by atoms with Gasteiger partial charge in [-0.1, -0.05) is 39.3 Å². The van der Waals surface area contributed by atoms with Crippen LogP contribution in [0, 0.1) is 11.8 Å². The van der Waals surface area contributed by atoms with Gasteiger partial charge in [0.2, 0.25) is 17.7 Å². The lowest BCUT2D eigenvalue weighted by Crippen LogP contribution is -2.58. The van der Waals surface area contributed by atoms with Gasteiger partial charge in [-0.2, -0.15) is 0 Å². The Morgan fingerprint density at radius 2 is 1.86 bits per heavy atom. The molecule has 0 aromatic rings. The van der Waals surface area contributed by atoms with Gasteiger partial charge in [-0.25, -0.2) is 0 Å². The highest BCUT2D eigenvalue weighted by atomic mass is 16.5. The van der Waals surface area contributed by atoms with Crippen molar-refractivity contribution in [1.29, 1.82) is 0 Å². The average Bonchev–Trinajstić information content (AvgIpc) is 3.48. The number of hydrogen-bond donors (Lipinski definition) is 1. The van der Waals surface area contributed by atoms with Gasteiger partial charge >= 0.3 is 0 Å². The largest absolute Gasteiger partial charge is 0.396 e. The standard InChI is InChI=1S/C29H47N3O5/c1-7-13-21(6)31(18-10-4)27(36)24-29-15-14-28(11-5,37-29)22(25(34)30(16-8-2)17-9-3)23(29)26(35)32(24)19-12-20-33/h8,10,21-24,33H,2,4,7,9,11-20H2,1,3,5-6H3/t21?,22-,23-,24?,28+,29?/m0/s1. The molecule has 3 amide bonds. The second kappa shape index (κ2) is 12.1. The molecule has 0 aromatic carbocycles. The fourth-order valence-electron chi connectivity index (χ4n) is 7.13. The van der Waals surface area contributed by atoms with E-state index >= 15 is 0 Å². The van der Waals surface area contributed by atoms with Crippen LogP contribution in [0.3, 0.4) is 0 Å². The summed E-state index contributed by atoms with van der Waals surface area (Å²) in [4.78, 5) is 47.8. The van der Waals surface area contributed by atoms with Crippen LogP contribution in [0.2, 0.25) is 0 Å². The molecule has 3 aliphatic rings. The highest BCUT2D eigenvalue weighted by Crippen LogP contribution is 2.64. The minimum Gasteiger partial charge on any atom is -0.396 e. The Bertz CT molecular complexity index is 878. The lowest BCUT2D eigenvalue weighted by Gasteiger charge is -2.39. The molecule has 0 radical (unpaired) electrons. The summed E-state index contributed by atoms with van der Waals surface area (Å²) in [6.07, 6.45) is 8.16. The van der Waals surface area contributed by atoms with Crippen molar-refractivity contribution in [3.05, 3.63) is 25.3 Å². The van der Waals surface area contributed by atoms with E-state index in [4.69, 9.17) is 4.74 Å². The Morgan fingerprint density at radius 3 is 2.43 bits per heavy atom. The van der Waals surface area contributed by atoms with E-state index < -0.39 is 29.1 Å². The van der Waals surface area contributed by atoms with Crippen molar-refractivity contribution in [3.8, 4) is 0 Å². The normalized spacial score (nSPS) is 30.8. The fourth-order valence-corrected chi connectivity index (χ4v) is 7.13. The summed E-state index contributed by atoms with van der Waals surface area (Å²) in [5.74, 6) is -1.78. The number of aliphatic hydroxyl groups is 1. The molecule has 0 aliphatic carbocycles. The van der Waals surface area contributed by atoms with Crippen LogP contribution >= 0.6 is 0 Å². The summed E-state index contributed by atoms with van der Waals surface area (Å²) in [6.45, 7) is 17.4. The maximum Gasteiger partial charge on any atom is 0.248 e. The summed E-state index contributed by atoms with van der Waals surface area (Å²) in [5.41, 5.74) is -1.80. The summed E-state index contributed by atoms with van der Waals surface area (Å²) >= 11 is 0. The van der Waals surface area contributed by atoms with E-state index in [1.807, 2.05) is 25.7 Å². The molecule has 3 fully saturated rings. The highest BCUT2D eigenvalue weighted by Gasteiger charge is 2.79. The molecular weight excluding hydrogens is 470 g/mol. The van der Waals surface area contributed by atoms with E-state index in [9.17, 15) is 19.5 Å². The van der Waals surface area contributed by atoms with Gasteiger partial charge in [0.05, 0.1) is 17.4 Å². The minimum absolute atomic E-state index is 0.0236. The van der Waals surface area contributed by atoms with Crippen molar-refractivity contribution >= 4 is 17.7 Å². The minimum atomic E-state index is -1.04. The Labute approximate surface area is 222 Å². The van der Waals surface area contributed by atoms with Crippen LogP contribution in [0.4, 0.5) is 0 Å². The van der Waals surface area contributed by atoms with E-state index in [1.54, 1.807) is 22.0 Å². The fraction of sp³-hybridized carbons (Fsp3) is 0.759. The molecule has 6 atom stereocenters. The summed E-state index contributed by atoms with van der Waals surface area (Å²) in [5, 5.41) is 9.58. The molecule has 3 aliphatic heterocycles. The zero-order chi connectivity index (χ0) is 27.4. The van der Waals surface area contributed by atoms with Crippen molar-refractivity contribution in [2.24, 2.45) is 11.8 Å². The van der Waals surface area contributed by atoms with E-state index in [1.165, 1.54) is 0 Å². The SMILES string of the molecule is C=CCN(CCC)C(=O)[C@@H]1[C@H]2C(=O)N(CCCO)C(C(=O)N(CC=C)C(C)CCC)C23CC[C@@]1(CC)O3. The molecule has 3 rings (SSSR count). The predicted octanol–water partition coefficient (Wildman–Crippen LogP) is 3.15. The van der Waals surface area contributed by atoms with E-state index in [0.717, 1.165) is 19.3 Å². The van der Waals surface area contributed by atoms with Crippen LogP contribution in [0.25, 0.3) is 0 Å². The molecule has 3 saturated heterocycles. The predicted molar refractivity (Wildman–Crippen MR) is 144 cm³/mol. The Hall–Kier alpha value is -2.19. The molecule has 208 valence electrons. The third-order valence-corrected chi connectivity index (χ3v) is 8.74. The van der Waals surface area contributed by atoms with Crippen LogP contribution in [-0.2, 0) is 19.1 Å². The van der Waals surface area contributed by atoms with Crippen LogP contribution in [0.5, 0.6) is 0 Å². The van der Waals surface area contributed by atoms with E-state index in [-0.39, 0.29) is 36.9 Å². The third-order valence-electron chi connectivity index (χ3n) is 8.74. The maximum atomic E-state index is 14.3. The van der Waals surface area contributed by atoms with Crippen LogP contribution in [0.1, 0.15) is 72.6 Å². The number of likely N-dealkylation sites (tertiary alicyclic amines) is 1. The molecule has 37 heavy (non-hydrogen) atoms. The second-order valence-electron chi connectivity index (χ2n) is 10.9. The monoisotopic (exact) mass is 517 g/mol. The number of carbonyl (C=O) groups is 3. The van der Waals surface area contributed by atoms with Gasteiger partial charge in [-0.05, 0) is 45.4 Å². The van der Waals surface area contributed by atoms with Gasteiger partial charge in [0.1, 0.15) is 11.6 Å². The van der Waals surface area contributed by atoms with Crippen LogP contribution < -0.4 is 0 Å². The smallest absolute Gasteiger partial charge is 0.248 e. The first-order valence-electron chi connectivity index (χ1n) is 14.2. The zero-order valence-corrected chi connectivity index (χ0v) is 23.3. The number of fused-ring (bicyclic) bond motifs is 1. The van der Waals surface area contributed by atoms with E-state index in [2.05, 4.69) is 20.1 Å². The van der Waals surface area contributed by atoms with Gasteiger partial charge in [0, 0.05) is 38.8 Å². The first-order chi connectivity index (χ1) is 17.7. The van der Waals surface area contributed by atoms with Gasteiger partial charge in [-0.15, -0.1) is 13.2 Å². The number of nitrogens with zero attached hydrogens (tertiary/aromatic N) is 3. The topological polar surface area (TPSA) is 90.4 Å². The molecule has 0 aromatic heterocycles. The number of ether oxygens (including phenoxy) is 1. The molecular formula is C29H47N3O5. The van der Waals surface area contributed by atoms with Crippen LogP contribution in [0.15, 0.2) is 25.3 Å². The van der Waals surface area contributed by atoms with Crippen molar-refractivity contribution in [2.75, 3.05) is 32.8 Å². The Balaban J connectivity index is 2.11. The maximum absolute atomic E-state index is 14.3. The van der Waals surface area contributed by atoms with Gasteiger partial charge < -0.3 is 24.5 Å². The molecule has 3 unspecified atom stereocenters. The summed E-state index contributed by atoms with van der Waals surface area (Å²) in [6, 6.07) is -0.842. The average molecular weight is 518 g/mol. The number of aliphatic hydroxyl groups excluding tert-OH is 1. The van der Waals surface area contributed by atoms with Crippen molar-refractivity contribution in [1.82, 2.24) is 14.7 Å². The molecule has 3 heterocycles. The lowest BCUT2D eigenvalue weighted by atomic mass is 9.64. The van der Waals surface area contributed by atoms with E-state index in [0.29, 0.717) is 45.3 Å². The third kappa shape index (κ3) is 4.87. The molecule has 8 heteroatoms. The van der Waals surface area contributed by atoms with Crippen molar-refractivity contribution in [3.63, 3.8) is 0 Å². The van der Waals surface area contributed by atoms with Crippen molar-refractivity contribution in [2.45, 2.75) is 95.9 Å². The van der Waals surface area contributed by atoms with Gasteiger partial charge in [0.25, 0.3) is 0 Å². The van der Waals surface area contributed by atoms with Crippen LogP contribution in [-0.4, -0.2) is 93.6 Å². The molecule has 1 N–H and O–H groups in total. The second-order valence-corrected chi connectivity index (χ2v) is 10.9. The first kappa shape index (κ1) is 29.4. The molecule has 0 saturated carbocycles. The number of amides is 3. The van der Waals surface area contributed by atoms with Gasteiger partial charge in [0.15, 0.2) is 0 Å². The lowest BCUT2D eigenvalue weighted by molar-refractivity contribution is -0.156. The van der Waals surface area contributed by atoms with Gasteiger partial charge in [-0.3, -0.25) is 14.4 Å². The first-order valence-corrected chi connectivity index (χ1v) is 14.2. The van der Waals surface area contributed by atoms with Crippen molar-refractivity contribution < 1.29 is 24.2 Å². The summed E-state index contributed by atoms with van der Waals surface area (Å²) < 4.78 is 6.87. The zero-order valence-electron chi connectivity index (χ0n) is 23.3. The number of rotatable bonds is 15.